The van der Waals surface area contributed by atoms with Crippen LogP contribution in [0, 0.1) is 0 Å². The Kier molecular flexibility index (Phi) is 6.66. The lowest BCUT2D eigenvalue weighted by Crippen LogP contribution is -2.26. The summed E-state index contributed by atoms with van der Waals surface area (Å²) in [5.41, 5.74) is 6.30. The Labute approximate surface area is 187 Å². The minimum Gasteiger partial charge on any atom is -0.465 e. The number of alkyl carbamates (subject to hydrolysis) is 1. The Morgan fingerprint density at radius 3 is 2.16 bits per heavy atom. The number of rotatable bonds is 7. The van der Waals surface area contributed by atoms with E-state index in [1.54, 1.807) is 12.1 Å². The minimum atomic E-state index is -0.414. The SMILES string of the molecule is COC(=O)c1ccc(C=CCCNC(=O)OCC2c3ccccc3-c3ccccc32)cc1. The topological polar surface area (TPSA) is 64.6 Å². The molecule has 32 heavy (non-hydrogen) atoms. The summed E-state index contributed by atoms with van der Waals surface area (Å²) in [4.78, 5) is 23.6. The second kappa shape index (κ2) is 9.96. The Morgan fingerprint density at radius 1 is 0.906 bits per heavy atom. The molecule has 0 unspecified atom stereocenters. The van der Waals surface area contributed by atoms with Gasteiger partial charge in [0.05, 0.1) is 12.7 Å². The van der Waals surface area contributed by atoms with Crippen molar-refractivity contribution < 1.29 is 19.1 Å². The molecule has 0 saturated carbocycles. The van der Waals surface area contributed by atoms with Crippen LogP contribution in [0.4, 0.5) is 4.79 Å². The Morgan fingerprint density at radius 2 is 1.53 bits per heavy atom. The zero-order valence-electron chi connectivity index (χ0n) is 17.9. The molecule has 1 N–H and O–H groups in total. The molecule has 0 radical (unpaired) electrons. The van der Waals surface area contributed by atoms with E-state index in [-0.39, 0.29) is 11.9 Å². The van der Waals surface area contributed by atoms with E-state index >= 15 is 0 Å². The second-order valence-electron chi connectivity index (χ2n) is 7.56. The Bertz CT molecular complexity index is 1090. The van der Waals surface area contributed by atoms with E-state index in [0.29, 0.717) is 25.1 Å². The van der Waals surface area contributed by atoms with Gasteiger partial charge >= 0.3 is 12.1 Å². The van der Waals surface area contributed by atoms with Gasteiger partial charge in [-0.2, -0.15) is 0 Å². The number of benzene rings is 3. The Balaban J connectivity index is 1.24. The van der Waals surface area contributed by atoms with Gasteiger partial charge in [-0.25, -0.2) is 9.59 Å². The first-order chi connectivity index (χ1) is 15.7. The maximum absolute atomic E-state index is 12.2. The predicted molar refractivity (Wildman–Crippen MR) is 125 cm³/mol. The highest BCUT2D eigenvalue weighted by atomic mass is 16.5. The Hall–Kier alpha value is -3.86. The summed E-state index contributed by atoms with van der Waals surface area (Å²) >= 11 is 0. The lowest BCUT2D eigenvalue weighted by Gasteiger charge is -2.14. The van der Waals surface area contributed by atoms with Crippen LogP contribution >= 0.6 is 0 Å². The van der Waals surface area contributed by atoms with Gasteiger partial charge in [0.25, 0.3) is 0 Å². The van der Waals surface area contributed by atoms with Crippen molar-refractivity contribution in [2.45, 2.75) is 12.3 Å². The summed E-state index contributed by atoms with van der Waals surface area (Å²) < 4.78 is 10.2. The third-order valence-corrected chi connectivity index (χ3v) is 5.57. The molecule has 0 fully saturated rings. The number of carbonyl (C=O) groups excluding carboxylic acids is 2. The standard InChI is InChI=1S/C27H25NO4/c1-31-26(29)20-15-13-19(14-16-20)8-6-7-17-28-27(30)32-18-25-23-11-4-2-9-21(23)22-10-3-5-12-24(22)25/h2-6,8-16,25H,7,17-18H2,1H3,(H,28,30). The molecule has 1 aliphatic rings. The smallest absolute Gasteiger partial charge is 0.407 e. The molecular formula is C27H25NO4. The molecule has 1 amide bonds. The van der Waals surface area contributed by atoms with Crippen molar-refractivity contribution in [3.05, 3.63) is 101 Å². The van der Waals surface area contributed by atoms with Gasteiger partial charge in [0.15, 0.2) is 0 Å². The predicted octanol–water partition coefficient (Wildman–Crippen LogP) is 5.42. The monoisotopic (exact) mass is 427 g/mol. The molecule has 0 aliphatic heterocycles. The number of ether oxygens (including phenoxy) is 2. The normalized spacial score (nSPS) is 12.3. The highest BCUT2D eigenvalue weighted by molar-refractivity contribution is 5.89. The van der Waals surface area contributed by atoms with Gasteiger partial charge < -0.3 is 14.8 Å². The van der Waals surface area contributed by atoms with Crippen molar-refractivity contribution in [1.82, 2.24) is 5.32 Å². The van der Waals surface area contributed by atoms with Crippen molar-refractivity contribution in [2.24, 2.45) is 0 Å². The highest BCUT2D eigenvalue weighted by Gasteiger charge is 2.28. The zero-order valence-corrected chi connectivity index (χ0v) is 17.9. The van der Waals surface area contributed by atoms with Gasteiger partial charge in [-0.05, 0) is 46.4 Å². The van der Waals surface area contributed by atoms with Crippen LogP contribution in [0.25, 0.3) is 17.2 Å². The van der Waals surface area contributed by atoms with E-state index in [1.165, 1.54) is 29.4 Å². The summed E-state index contributed by atoms with van der Waals surface area (Å²) in [5, 5.41) is 2.80. The summed E-state index contributed by atoms with van der Waals surface area (Å²) in [7, 11) is 1.36. The average molecular weight is 428 g/mol. The fraction of sp³-hybridized carbons (Fsp3) is 0.185. The molecular weight excluding hydrogens is 402 g/mol. The molecule has 4 rings (SSSR count). The van der Waals surface area contributed by atoms with Crippen LogP contribution in [-0.2, 0) is 9.47 Å². The first-order valence-electron chi connectivity index (χ1n) is 10.6. The lowest BCUT2D eigenvalue weighted by molar-refractivity contribution is 0.0600. The molecule has 3 aromatic carbocycles. The van der Waals surface area contributed by atoms with Crippen LogP contribution in [0.15, 0.2) is 78.9 Å². The van der Waals surface area contributed by atoms with Gasteiger partial charge in [0.1, 0.15) is 6.61 Å². The molecule has 0 heterocycles. The maximum Gasteiger partial charge on any atom is 0.407 e. The number of carbonyl (C=O) groups is 2. The van der Waals surface area contributed by atoms with Crippen molar-refractivity contribution in [2.75, 3.05) is 20.3 Å². The van der Waals surface area contributed by atoms with Gasteiger partial charge in [-0.1, -0.05) is 72.8 Å². The van der Waals surface area contributed by atoms with Crippen molar-refractivity contribution in [3.8, 4) is 11.1 Å². The molecule has 5 nitrogen and oxygen atoms in total. The molecule has 3 aromatic rings. The van der Waals surface area contributed by atoms with Crippen LogP contribution < -0.4 is 5.32 Å². The van der Waals surface area contributed by atoms with E-state index in [2.05, 4.69) is 34.3 Å². The van der Waals surface area contributed by atoms with E-state index < -0.39 is 6.09 Å². The molecule has 1 aliphatic carbocycles. The van der Waals surface area contributed by atoms with E-state index in [9.17, 15) is 9.59 Å². The largest absolute Gasteiger partial charge is 0.465 e. The highest BCUT2D eigenvalue weighted by Crippen LogP contribution is 2.44. The summed E-state index contributed by atoms with van der Waals surface area (Å²) in [6.07, 6.45) is 4.17. The van der Waals surface area contributed by atoms with Crippen molar-refractivity contribution in [3.63, 3.8) is 0 Å². The van der Waals surface area contributed by atoms with Gasteiger partial charge in [-0.3, -0.25) is 0 Å². The second-order valence-corrected chi connectivity index (χ2v) is 7.56. The summed E-state index contributed by atoms with van der Waals surface area (Å²) in [5.74, 6) is -0.297. The lowest BCUT2D eigenvalue weighted by atomic mass is 9.98. The summed E-state index contributed by atoms with van der Waals surface area (Å²) in [6.45, 7) is 0.787. The van der Waals surface area contributed by atoms with Gasteiger partial charge in [0, 0.05) is 12.5 Å². The number of hydrogen-bond donors (Lipinski definition) is 1. The zero-order chi connectivity index (χ0) is 22.3. The van der Waals surface area contributed by atoms with E-state index in [4.69, 9.17) is 4.74 Å². The number of fused-ring (bicyclic) bond motifs is 3. The first-order valence-corrected chi connectivity index (χ1v) is 10.6. The summed E-state index contributed by atoms with van der Waals surface area (Å²) in [6, 6.07) is 23.7. The molecule has 162 valence electrons. The number of amides is 1. The van der Waals surface area contributed by atoms with Crippen LogP contribution in [0.5, 0.6) is 0 Å². The third-order valence-electron chi connectivity index (χ3n) is 5.57. The van der Waals surface area contributed by atoms with Crippen LogP contribution in [-0.4, -0.2) is 32.3 Å². The minimum absolute atomic E-state index is 0.0565. The number of methoxy groups -OCH3 is 1. The molecule has 0 aromatic heterocycles. The molecule has 0 saturated heterocycles. The fourth-order valence-electron chi connectivity index (χ4n) is 3.97. The molecule has 0 atom stereocenters. The quantitative estimate of drug-likeness (QED) is 0.404. The van der Waals surface area contributed by atoms with Crippen LogP contribution in [0.3, 0.4) is 0 Å². The average Bonchev–Trinajstić information content (AvgIpc) is 3.16. The van der Waals surface area contributed by atoms with Crippen LogP contribution in [0.2, 0.25) is 0 Å². The fourth-order valence-corrected chi connectivity index (χ4v) is 3.97. The molecule has 0 bridgehead atoms. The number of hydrogen-bond acceptors (Lipinski definition) is 4. The molecule has 0 spiro atoms. The number of esters is 1. The van der Waals surface area contributed by atoms with Crippen molar-refractivity contribution in [1.29, 1.82) is 0 Å². The van der Waals surface area contributed by atoms with E-state index in [0.717, 1.165) is 5.56 Å². The number of nitrogens with one attached hydrogen (secondary N) is 1. The van der Waals surface area contributed by atoms with Crippen molar-refractivity contribution >= 4 is 18.1 Å². The van der Waals surface area contributed by atoms with Crippen LogP contribution in [0.1, 0.15) is 39.4 Å². The molecule has 5 heteroatoms. The van der Waals surface area contributed by atoms with Gasteiger partial charge in [-0.15, -0.1) is 0 Å². The van der Waals surface area contributed by atoms with E-state index in [1.807, 2.05) is 48.6 Å². The maximum atomic E-state index is 12.2. The third kappa shape index (κ3) is 4.72. The van der Waals surface area contributed by atoms with Gasteiger partial charge in [0.2, 0.25) is 0 Å². The first kappa shape index (κ1) is 21.4.